The second-order valence-electron chi connectivity index (χ2n) is 6.12. The van der Waals surface area contributed by atoms with Gasteiger partial charge in [0, 0.05) is 0 Å². The van der Waals surface area contributed by atoms with Gasteiger partial charge in [0.15, 0.2) is 0 Å². The summed E-state index contributed by atoms with van der Waals surface area (Å²) in [7, 11) is 1.47. The Morgan fingerprint density at radius 3 is 2.88 bits per heavy atom. The van der Waals surface area contributed by atoms with Gasteiger partial charge in [0.05, 0.1) is 31.3 Å². The largest absolute Gasteiger partial charge is 0.493 e. The van der Waals surface area contributed by atoms with Gasteiger partial charge in [-0.3, -0.25) is 0 Å². The van der Waals surface area contributed by atoms with Gasteiger partial charge in [0.1, 0.15) is 17.3 Å². The number of nitrogens with zero attached hydrogens (tertiary/aromatic N) is 2. The first-order valence-corrected chi connectivity index (χ1v) is 8.53. The van der Waals surface area contributed by atoms with Crippen LogP contribution in [0.4, 0.5) is 5.88 Å². The number of hydrogen-bond donors (Lipinski definition) is 2. The molecule has 7 heteroatoms. The Hall–Kier alpha value is -3.14. The number of benzene rings is 1. The van der Waals surface area contributed by atoms with Gasteiger partial charge in [-0.1, -0.05) is 25.5 Å². The molecule has 2 heterocycles. The Kier molecular flexibility index (Phi) is 5.03. The lowest BCUT2D eigenvalue weighted by Crippen LogP contribution is -2.22. The first kappa shape index (κ1) is 17.7. The molecule has 0 bridgehead atoms. The highest BCUT2D eigenvalue weighted by molar-refractivity contribution is 5.62. The van der Waals surface area contributed by atoms with Crippen LogP contribution < -0.4 is 20.5 Å². The molecule has 1 aromatic heterocycles. The molecule has 1 atom stereocenters. The fraction of sp³-hybridized carbons (Fsp3) is 0.368. The van der Waals surface area contributed by atoms with Crippen LogP contribution in [0.2, 0.25) is 0 Å². The molecule has 1 aromatic carbocycles. The third kappa shape index (κ3) is 3.18. The van der Waals surface area contributed by atoms with Gasteiger partial charge in [-0.2, -0.15) is 10.2 Å². The van der Waals surface area contributed by atoms with E-state index in [9.17, 15) is 5.26 Å². The Balaban J connectivity index is 2.00. The average molecular weight is 354 g/mol. The van der Waals surface area contributed by atoms with Crippen molar-refractivity contribution in [2.75, 3.05) is 19.0 Å². The minimum absolute atomic E-state index is 0.121. The average Bonchev–Trinajstić information content (AvgIpc) is 3.04. The second kappa shape index (κ2) is 7.40. The molecular formula is C19H22N4O3. The van der Waals surface area contributed by atoms with E-state index in [1.807, 2.05) is 25.1 Å². The number of allylic oxidation sites excluding steroid dienone is 1. The number of fused-ring (bicyclic) bond motifs is 1. The zero-order valence-corrected chi connectivity index (χ0v) is 15.1. The summed E-state index contributed by atoms with van der Waals surface area (Å²) < 4.78 is 16.4. The van der Waals surface area contributed by atoms with Crippen LogP contribution in [0.5, 0.6) is 11.8 Å². The predicted molar refractivity (Wildman–Crippen MR) is 96.9 cm³/mol. The predicted octanol–water partition coefficient (Wildman–Crippen LogP) is 3.42. The van der Waals surface area contributed by atoms with Crippen LogP contribution in [0.25, 0.3) is 0 Å². The molecule has 0 saturated carbocycles. The number of oxazole rings is 1. The van der Waals surface area contributed by atoms with Crippen molar-refractivity contribution in [2.45, 2.75) is 32.6 Å². The lowest BCUT2D eigenvalue weighted by molar-refractivity contribution is 0.294. The molecule has 136 valence electrons. The fourth-order valence-corrected chi connectivity index (χ4v) is 2.96. The summed E-state index contributed by atoms with van der Waals surface area (Å²) >= 11 is 0. The number of nitriles is 1. The molecule has 7 nitrogen and oxygen atoms in total. The molecule has 3 rings (SSSR count). The topological polar surface area (TPSA) is 106 Å². The van der Waals surface area contributed by atoms with E-state index < -0.39 is 5.92 Å². The minimum atomic E-state index is -0.424. The van der Waals surface area contributed by atoms with Crippen molar-refractivity contribution in [1.82, 2.24) is 4.98 Å². The van der Waals surface area contributed by atoms with E-state index >= 15 is 0 Å². The maximum atomic E-state index is 9.61. The standard InChI is InChI=1S/C19H22N4O3/c1-4-5-8-25-14-7-6-12(9-11(14)2)15-13(10-20)17(21)23-18-16(15)22-19(24-3)26-18/h6-7,9,15,23H,4-5,8,21H2,1-3H3/t15-/m0/s1. The molecule has 2 aromatic rings. The summed E-state index contributed by atoms with van der Waals surface area (Å²) in [5.41, 5.74) is 8.88. The van der Waals surface area contributed by atoms with Gasteiger partial charge in [0.25, 0.3) is 0 Å². The molecule has 0 spiro atoms. The fourth-order valence-electron chi connectivity index (χ4n) is 2.96. The minimum Gasteiger partial charge on any atom is -0.493 e. The maximum Gasteiger partial charge on any atom is 0.395 e. The zero-order chi connectivity index (χ0) is 18.7. The number of anilines is 1. The number of rotatable bonds is 6. The third-order valence-electron chi connectivity index (χ3n) is 4.32. The van der Waals surface area contributed by atoms with E-state index in [-0.39, 0.29) is 11.9 Å². The summed E-state index contributed by atoms with van der Waals surface area (Å²) in [6.45, 7) is 4.79. The maximum absolute atomic E-state index is 9.61. The van der Waals surface area contributed by atoms with E-state index in [1.165, 1.54) is 7.11 Å². The summed E-state index contributed by atoms with van der Waals surface area (Å²) in [4.78, 5) is 4.35. The molecule has 0 radical (unpaired) electrons. The van der Waals surface area contributed by atoms with E-state index in [4.69, 9.17) is 19.6 Å². The molecule has 0 aliphatic carbocycles. The number of methoxy groups -OCH3 is 1. The highest BCUT2D eigenvalue weighted by Gasteiger charge is 2.34. The van der Waals surface area contributed by atoms with Crippen LogP contribution >= 0.6 is 0 Å². The molecule has 1 aliphatic heterocycles. The number of aryl methyl sites for hydroxylation is 1. The first-order valence-electron chi connectivity index (χ1n) is 8.53. The molecule has 3 N–H and O–H groups in total. The summed E-state index contributed by atoms with van der Waals surface area (Å²) in [6.07, 6.45) is 2.21. The van der Waals surface area contributed by atoms with Crippen LogP contribution in [0.15, 0.2) is 34.0 Å². The van der Waals surface area contributed by atoms with Crippen molar-refractivity contribution < 1.29 is 13.9 Å². The van der Waals surface area contributed by atoms with E-state index in [1.54, 1.807) is 0 Å². The quantitative estimate of drug-likeness (QED) is 0.765. The highest BCUT2D eigenvalue weighted by Crippen LogP contribution is 2.42. The number of hydrogen-bond acceptors (Lipinski definition) is 7. The van der Waals surface area contributed by atoms with Crippen LogP contribution in [0.1, 0.15) is 42.5 Å². The number of ether oxygens (including phenoxy) is 2. The summed E-state index contributed by atoms with van der Waals surface area (Å²) in [5.74, 6) is 1.06. The second-order valence-corrected chi connectivity index (χ2v) is 6.12. The Bertz CT molecular complexity index is 879. The van der Waals surface area contributed by atoms with E-state index in [0.717, 1.165) is 29.7 Å². The van der Waals surface area contributed by atoms with Gasteiger partial charge in [-0.05, 0) is 30.5 Å². The van der Waals surface area contributed by atoms with Crippen molar-refractivity contribution >= 4 is 5.88 Å². The molecule has 1 aliphatic rings. The molecule has 0 amide bonds. The smallest absolute Gasteiger partial charge is 0.395 e. The van der Waals surface area contributed by atoms with Gasteiger partial charge in [0.2, 0.25) is 5.88 Å². The van der Waals surface area contributed by atoms with Crippen LogP contribution in [-0.2, 0) is 0 Å². The molecular weight excluding hydrogens is 332 g/mol. The Morgan fingerprint density at radius 2 is 2.23 bits per heavy atom. The normalized spacial score (nSPS) is 15.8. The molecule has 0 fully saturated rings. The van der Waals surface area contributed by atoms with Gasteiger partial charge < -0.3 is 24.9 Å². The number of unbranched alkanes of at least 4 members (excludes halogenated alkanes) is 1. The van der Waals surface area contributed by atoms with Crippen LogP contribution in [-0.4, -0.2) is 18.7 Å². The SMILES string of the molecule is CCCCOc1ccc([C@H]2C(C#N)=C(N)Nc3oc(OC)nc32)cc1C. The molecule has 0 saturated heterocycles. The number of nitrogens with one attached hydrogen (secondary N) is 1. The number of aromatic nitrogens is 1. The van der Waals surface area contributed by atoms with E-state index in [2.05, 4.69) is 23.3 Å². The lowest BCUT2D eigenvalue weighted by Gasteiger charge is -2.23. The van der Waals surface area contributed by atoms with Crippen molar-refractivity contribution in [1.29, 1.82) is 5.26 Å². The highest BCUT2D eigenvalue weighted by atomic mass is 16.6. The Morgan fingerprint density at radius 1 is 1.42 bits per heavy atom. The van der Waals surface area contributed by atoms with Gasteiger partial charge >= 0.3 is 6.08 Å². The number of nitrogens with two attached hydrogens (primary N) is 1. The van der Waals surface area contributed by atoms with Crippen molar-refractivity contribution in [3.8, 4) is 17.9 Å². The monoisotopic (exact) mass is 354 g/mol. The van der Waals surface area contributed by atoms with Crippen molar-refractivity contribution in [3.63, 3.8) is 0 Å². The van der Waals surface area contributed by atoms with Crippen LogP contribution in [0.3, 0.4) is 0 Å². The summed E-state index contributed by atoms with van der Waals surface area (Å²) in [5, 5.41) is 12.5. The molecule has 0 unspecified atom stereocenters. The Labute approximate surface area is 152 Å². The third-order valence-corrected chi connectivity index (χ3v) is 4.32. The lowest BCUT2D eigenvalue weighted by atomic mass is 9.86. The molecule has 26 heavy (non-hydrogen) atoms. The van der Waals surface area contributed by atoms with Gasteiger partial charge in [-0.25, -0.2) is 0 Å². The van der Waals surface area contributed by atoms with Crippen molar-refractivity contribution in [3.05, 3.63) is 46.4 Å². The van der Waals surface area contributed by atoms with Gasteiger partial charge in [-0.15, -0.1) is 0 Å². The summed E-state index contributed by atoms with van der Waals surface area (Å²) in [6, 6.07) is 8.03. The zero-order valence-electron chi connectivity index (χ0n) is 15.1. The van der Waals surface area contributed by atoms with Crippen LogP contribution in [0, 0.1) is 18.3 Å². The first-order chi connectivity index (χ1) is 12.6. The van der Waals surface area contributed by atoms with E-state index in [0.29, 0.717) is 23.8 Å². The van der Waals surface area contributed by atoms with Crippen molar-refractivity contribution in [2.24, 2.45) is 5.73 Å².